The van der Waals surface area contributed by atoms with Gasteiger partial charge in [0.15, 0.2) is 0 Å². The number of likely N-dealkylation sites (tertiary alicyclic amines) is 1. The second-order valence-electron chi connectivity index (χ2n) is 6.32. The van der Waals surface area contributed by atoms with Crippen LogP contribution >= 0.6 is 0 Å². The topological polar surface area (TPSA) is 33.1 Å². The first kappa shape index (κ1) is 16.5. The van der Waals surface area contributed by atoms with Gasteiger partial charge in [0.2, 0.25) is 0 Å². The smallest absolute Gasteiger partial charge is 0.127 e. The van der Waals surface area contributed by atoms with Gasteiger partial charge in [0.1, 0.15) is 5.82 Å². The lowest BCUT2D eigenvalue weighted by Gasteiger charge is -2.48. The molecule has 1 aliphatic rings. The van der Waals surface area contributed by atoms with E-state index in [0.29, 0.717) is 6.04 Å². The molecule has 0 saturated carbocycles. The van der Waals surface area contributed by atoms with Crippen LogP contribution in [0.2, 0.25) is 0 Å². The highest BCUT2D eigenvalue weighted by molar-refractivity contribution is 5.10. The van der Waals surface area contributed by atoms with Crippen molar-refractivity contribution in [1.82, 2.24) is 19.8 Å². The standard InChI is InChI=1S/C17H32N4/c1-5-17(4,21-12-9-8-10-13-21)15(18-6-2)16-19-11-14-20(16)7-3/h11,14-15,18H,5-10,12-13H2,1-4H3. The Hall–Kier alpha value is -0.870. The minimum Gasteiger partial charge on any atom is -0.334 e. The maximum Gasteiger partial charge on any atom is 0.127 e. The van der Waals surface area contributed by atoms with Crippen LogP contribution in [0.4, 0.5) is 0 Å². The molecule has 2 heterocycles. The Kier molecular flexibility index (Phi) is 5.82. The van der Waals surface area contributed by atoms with Crippen LogP contribution in [0.1, 0.15) is 65.2 Å². The number of nitrogens with zero attached hydrogens (tertiary/aromatic N) is 3. The molecule has 4 nitrogen and oxygen atoms in total. The Bertz CT molecular complexity index is 422. The van der Waals surface area contributed by atoms with Gasteiger partial charge in [0.25, 0.3) is 0 Å². The molecule has 1 saturated heterocycles. The van der Waals surface area contributed by atoms with Crippen LogP contribution in [-0.2, 0) is 6.54 Å². The summed E-state index contributed by atoms with van der Waals surface area (Å²) in [6.45, 7) is 13.5. The Morgan fingerprint density at radius 3 is 2.52 bits per heavy atom. The summed E-state index contributed by atoms with van der Waals surface area (Å²) < 4.78 is 2.28. The summed E-state index contributed by atoms with van der Waals surface area (Å²) in [5, 5.41) is 3.72. The van der Waals surface area contributed by atoms with Crippen LogP contribution in [0.5, 0.6) is 0 Å². The van der Waals surface area contributed by atoms with E-state index in [0.717, 1.165) is 19.5 Å². The molecule has 1 aromatic rings. The number of imidazole rings is 1. The molecule has 1 N–H and O–H groups in total. The molecule has 0 aliphatic carbocycles. The van der Waals surface area contributed by atoms with Crippen molar-refractivity contribution < 1.29 is 0 Å². The number of aromatic nitrogens is 2. The first-order chi connectivity index (χ1) is 10.2. The molecule has 4 heteroatoms. The highest BCUT2D eigenvalue weighted by atomic mass is 15.3. The van der Waals surface area contributed by atoms with Crippen molar-refractivity contribution in [2.75, 3.05) is 19.6 Å². The average Bonchev–Trinajstić information content (AvgIpc) is 3.01. The van der Waals surface area contributed by atoms with Gasteiger partial charge < -0.3 is 9.88 Å². The molecular weight excluding hydrogens is 260 g/mol. The van der Waals surface area contributed by atoms with E-state index in [4.69, 9.17) is 0 Å². The van der Waals surface area contributed by atoms with Gasteiger partial charge in [-0.05, 0) is 52.7 Å². The zero-order valence-electron chi connectivity index (χ0n) is 14.2. The number of aryl methyl sites for hydroxylation is 1. The SMILES string of the molecule is CCNC(c1nccn1CC)C(C)(CC)N1CCCCC1. The molecule has 1 aliphatic heterocycles. The zero-order chi connectivity index (χ0) is 15.3. The van der Waals surface area contributed by atoms with E-state index < -0.39 is 0 Å². The number of likely N-dealkylation sites (N-methyl/N-ethyl adjacent to an activating group) is 1. The van der Waals surface area contributed by atoms with Crippen molar-refractivity contribution >= 4 is 0 Å². The van der Waals surface area contributed by atoms with E-state index in [1.165, 1.54) is 38.2 Å². The van der Waals surface area contributed by atoms with Crippen molar-refractivity contribution in [3.8, 4) is 0 Å². The molecule has 0 radical (unpaired) electrons. The van der Waals surface area contributed by atoms with Crippen molar-refractivity contribution in [1.29, 1.82) is 0 Å². The third kappa shape index (κ3) is 3.32. The second kappa shape index (κ2) is 7.41. The van der Waals surface area contributed by atoms with Gasteiger partial charge in [0, 0.05) is 24.5 Å². The van der Waals surface area contributed by atoms with E-state index in [1.54, 1.807) is 0 Å². The van der Waals surface area contributed by atoms with Crippen LogP contribution in [0.15, 0.2) is 12.4 Å². The third-order valence-electron chi connectivity index (χ3n) is 5.17. The van der Waals surface area contributed by atoms with Crippen molar-refractivity contribution in [3.63, 3.8) is 0 Å². The fourth-order valence-electron chi connectivity index (χ4n) is 3.66. The van der Waals surface area contributed by atoms with Crippen LogP contribution in [0.3, 0.4) is 0 Å². The monoisotopic (exact) mass is 292 g/mol. The number of hydrogen-bond acceptors (Lipinski definition) is 3. The van der Waals surface area contributed by atoms with E-state index in [-0.39, 0.29) is 5.54 Å². The molecule has 1 fully saturated rings. The zero-order valence-corrected chi connectivity index (χ0v) is 14.2. The van der Waals surface area contributed by atoms with Crippen molar-refractivity contribution in [3.05, 3.63) is 18.2 Å². The van der Waals surface area contributed by atoms with E-state index >= 15 is 0 Å². The largest absolute Gasteiger partial charge is 0.334 e. The molecule has 2 atom stereocenters. The van der Waals surface area contributed by atoms with E-state index in [9.17, 15) is 0 Å². The average molecular weight is 292 g/mol. The Morgan fingerprint density at radius 2 is 1.95 bits per heavy atom. The quantitative estimate of drug-likeness (QED) is 0.838. The second-order valence-corrected chi connectivity index (χ2v) is 6.32. The number of hydrogen-bond donors (Lipinski definition) is 1. The lowest BCUT2D eigenvalue weighted by molar-refractivity contribution is 0.0392. The number of rotatable bonds is 7. The number of nitrogens with one attached hydrogen (secondary N) is 1. The summed E-state index contributed by atoms with van der Waals surface area (Å²) in [7, 11) is 0. The minimum atomic E-state index is 0.134. The summed E-state index contributed by atoms with van der Waals surface area (Å²) in [5.74, 6) is 1.19. The Balaban J connectivity index is 2.33. The lowest BCUT2D eigenvalue weighted by Crippen LogP contribution is -2.56. The molecule has 120 valence electrons. The van der Waals surface area contributed by atoms with Crippen LogP contribution in [0.25, 0.3) is 0 Å². The molecule has 0 bridgehead atoms. The van der Waals surface area contributed by atoms with Crippen molar-refractivity contribution in [2.24, 2.45) is 0 Å². The maximum atomic E-state index is 4.69. The maximum absolute atomic E-state index is 4.69. The molecule has 21 heavy (non-hydrogen) atoms. The summed E-state index contributed by atoms with van der Waals surface area (Å²) in [6, 6.07) is 0.292. The van der Waals surface area contributed by atoms with Crippen LogP contribution < -0.4 is 5.32 Å². The first-order valence-electron chi connectivity index (χ1n) is 8.66. The van der Waals surface area contributed by atoms with Crippen LogP contribution in [0, 0.1) is 0 Å². The van der Waals surface area contributed by atoms with Gasteiger partial charge in [-0.15, -0.1) is 0 Å². The predicted octanol–water partition coefficient (Wildman–Crippen LogP) is 3.21. The number of piperidine rings is 1. The first-order valence-corrected chi connectivity index (χ1v) is 8.66. The van der Waals surface area contributed by atoms with Crippen molar-refractivity contribution in [2.45, 2.75) is 71.5 Å². The molecule has 2 rings (SSSR count). The van der Waals surface area contributed by atoms with Gasteiger partial charge in [-0.3, -0.25) is 4.90 Å². The van der Waals surface area contributed by atoms with E-state index in [2.05, 4.69) is 53.7 Å². The van der Waals surface area contributed by atoms with Gasteiger partial charge in [0.05, 0.1) is 6.04 Å². The van der Waals surface area contributed by atoms with Gasteiger partial charge in [-0.1, -0.05) is 20.3 Å². The van der Waals surface area contributed by atoms with Gasteiger partial charge >= 0.3 is 0 Å². The molecule has 0 spiro atoms. The summed E-state index contributed by atoms with van der Waals surface area (Å²) >= 11 is 0. The normalized spacial score (nSPS) is 21.1. The highest BCUT2D eigenvalue weighted by Crippen LogP contribution is 2.35. The predicted molar refractivity (Wildman–Crippen MR) is 88.4 cm³/mol. The van der Waals surface area contributed by atoms with Gasteiger partial charge in [-0.2, -0.15) is 0 Å². The Morgan fingerprint density at radius 1 is 1.24 bits per heavy atom. The summed E-state index contributed by atoms with van der Waals surface area (Å²) in [5.41, 5.74) is 0.134. The summed E-state index contributed by atoms with van der Waals surface area (Å²) in [4.78, 5) is 7.38. The van der Waals surface area contributed by atoms with Gasteiger partial charge in [-0.25, -0.2) is 4.98 Å². The van der Waals surface area contributed by atoms with E-state index in [1.807, 2.05) is 6.20 Å². The molecule has 0 amide bonds. The fraction of sp³-hybridized carbons (Fsp3) is 0.824. The minimum absolute atomic E-state index is 0.134. The molecule has 0 aromatic carbocycles. The summed E-state index contributed by atoms with van der Waals surface area (Å²) in [6.07, 6.45) is 9.22. The third-order valence-corrected chi connectivity index (χ3v) is 5.17. The fourth-order valence-corrected chi connectivity index (χ4v) is 3.66. The highest BCUT2D eigenvalue weighted by Gasteiger charge is 2.41. The van der Waals surface area contributed by atoms with Crippen LogP contribution in [-0.4, -0.2) is 39.6 Å². The molecule has 1 aromatic heterocycles. The molecular formula is C17H32N4. The Labute approximate surface area is 129 Å². The molecule has 2 unspecified atom stereocenters. The lowest BCUT2D eigenvalue weighted by atomic mass is 9.84.